The van der Waals surface area contributed by atoms with Gasteiger partial charge in [-0.15, -0.1) is 0 Å². The van der Waals surface area contributed by atoms with Crippen molar-refractivity contribution in [2.45, 2.75) is 65.4 Å². The molecule has 2 amide bonds. The van der Waals surface area contributed by atoms with E-state index in [0.29, 0.717) is 31.0 Å². The van der Waals surface area contributed by atoms with E-state index in [1.54, 1.807) is 36.4 Å². The fraction of sp³-hybridized carbons (Fsp3) is 0.394. The second kappa shape index (κ2) is 14.9. The highest BCUT2D eigenvalue weighted by molar-refractivity contribution is 7.92. The molecule has 3 aromatic rings. The predicted molar refractivity (Wildman–Crippen MR) is 167 cm³/mol. The summed E-state index contributed by atoms with van der Waals surface area (Å²) in [6, 6.07) is 20.1. The highest BCUT2D eigenvalue weighted by atomic mass is 32.2. The topological polar surface area (TPSA) is 96.0 Å². The second-order valence-corrected chi connectivity index (χ2v) is 12.7. The number of aryl methyl sites for hydroxylation is 2. The van der Waals surface area contributed by atoms with Crippen molar-refractivity contribution in [1.29, 1.82) is 0 Å². The Morgan fingerprint density at radius 2 is 1.57 bits per heavy atom. The molecule has 0 aromatic heterocycles. The van der Waals surface area contributed by atoms with E-state index >= 15 is 0 Å². The second-order valence-electron chi connectivity index (χ2n) is 10.8. The zero-order valence-corrected chi connectivity index (χ0v) is 26.3. The number of benzene rings is 3. The van der Waals surface area contributed by atoms with Gasteiger partial charge in [0.25, 0.3) is 10.0 Å². The van der Waals surface area contributed by atoms with Crippen molar-refractivity contribution in [3.63, 3.8) is 0 Å². The summed E-state index contributed by atoms with van der Waals surface area (Å²) in [5, 5.41) is 2.95. The normalized spacial score (nSPS) is 12.1. The number of sulfonamides is 1. The monoisotopic (exact) mass is 593 g/mol. The van der Waals surface area contributed by atoms with Crippen molar-refractivity contribution >= 4 is 27.5 Å². The summed E-state index contributed by atoms with van der Waals surface area (Å²) in [4.78, 5) is 29.0. The largest absolute Gasteiger partial charge is 0.494 e. The fourth-order valence-electron chi connectivity index (χ4n) is 4.59. The van der Waals surface area contributed by atoms with Gasteiger partial charge >= 0.3 is 0 Å². The van der Waals surface area contributed by atoms with Crippen molar-refractivity contribution in [3.05, 3.63) is 89.5 Å². The summed E-state index contributed by atoms with van der Waals surface area (Å²) in [5.74, 6) is 0.0576. The zero-order valence-electron chi connectivity index (χ0n) is 25.5. The van der Waals surface area contributed by atoms with E-state index in [-0.39, 0.29) is 23.3 Å². The van der Waals surface area contributed by atoms with Crippen LogP contribution in [0.25, 0.3) is 0 Å². The van der Waals surface area contributed by atoms with Crippen LogP contribution in [0.15, 0.2) is 77.7 Å². The molecule has 1 atom stereocenters. The summed E-state index contributed by atoms with van der Waals surface area (Å²) >= 11 is 0. The molecular weight excluding hydrogens is 550 g/mol. The van der Waals surface area contributed by atoms with Crippen LogP contribution in [-0.2, 0) is 26.2 Å². The standard InChI is InChI=1S/C33H43N3O5S/c1-7-31(33(38)34-21-24(3)4)35(22-27-11-9-10-26(6)20-27)32(37)23-36(28-14-12-25(5)13-15-28)42(39,40)30-18-16-29(17-19-30)41-8-2/h9-20,24,31H,7-8,21-23H2,1-6H3,(H,34,38)/t31-/m0/s1. The van der Waals surface area contributed by atoms with E-state index in [1.165, 1.54) is 17.0 Å². The van der Waals surface area contributed by atoms with Gasteiger partial charge in [-0.1, -0.05) is 68.3 Å². The Morgan fingerprint density at radius 1 is 0.905 bits per heavy atom. The third-order valence-electron chi connectivity index (χ3n) is 6.83. The van der Waals surface area contributed by atoms with E-state index in [2.05, 4.69) is 5.32 Å². The predicted octanol–water partition coefficient (Wildman–Crippen LogP) is 5.48. The van der Waals surface area contributed by atoms with E-state index in [1.807, 2.05) is 65.8 Å². The van der Waals surface area contributed by atoms with Crippen LogP contribution in [0.4, 0.5) is 5.69 Å². The van der Waals surface area contributed by atoms with Crippen LogP contribution in [0.5, 0.6) is 5.75 Å². The maximum absolute atomic E-state index is 14.2. The van der Waals surface area contributed by atoms with E-state index in [4.69, 9.17) is 4.74 Å². The number of rotatable bonds is 14. The molecule has 3 aromatic carbocycles. The van der Waals surface area contributed by atoms with Gasteiger partial charge in [0.2, 0.25) is 11.8 Å². The SMILES string of the molecule is CCOc1ccc(S(=O)(=O)N(CC(=O)N(Cc2cccc(C)c2)[C@@H](CC)C(=O)NCC(C)C)c2ccc(C)cc2)cc1. The summed E-state index contributed by atoms with van der Waals surface area (Å²) in [5.41, 5.74) is 3.19. The van der Waals surface area contributed by atoms with Crippen molar-refractivity contribution < 1.29 is 22.7 Å². The van der Waals surface area contributed by atoms with Gasteiger partial charge in [-0.3, -0.25) is 13.9 Å². The molecule has 226 valence electrons. The fourth-order valence-corrected chi connectivity index (χ4v) is 6.00. The zero-order chi connectivity index (χ0) is 30.9. The van der Waals surface area contributed by atoms with Gasteiger partial charge in [-0.25, -0.2) is 8.42 Å². The van der Waals surface area contributed by atoms with Crippen molar-refractivity contribution in [3.8, 4) is 5.75 Å². The molecule has 0 bridgehead atoms. The van der Waals surface area contributed by atoms with Crippen LogP contribution in [0.3, 0.4) is 0 Å². The third-order valence-corrected chi connectivity index (χ3v) is 8.62. The summed E-state index contributed by atoms with van der Waals surface area (Å²) < 4.78 is 34.7. The molecule has 3 rings (SSSR count). The van der Waals surface area contributed by atoms with Crippen molar-refractivity contribution in [2.24, 2.45) is 5.92 Å². The van der Waals surface area contributed by atoms with Gasteiger partial charge in [0.05, 0.1) is 17.2 Å². The van der Waals surface area contributed by atoms with Crippen molar-refractivity contribution in [1.82, 2.24) is 10.2 Å². The van der Waals surface area contributed by atoms with Crippen LogP contribution in [-0.4, -0.2) is 50.9 Å². The lowest BCUT2D eigenvalue weighted by Gasteiger charge is -2.33. The Bertz CT molecular complexity index is 1440. The van der Waals surface area contributed by atoms with Crippen LogP contribution in [0.1, 0.15) is 50.8 Å². The number of amides is 2. The molecular formula is C33H43N3O5S. The molecule has 0 saturated carbocycles. The number of carbonyl (C=O) groups is 2. The van der Waals surface area contributed by atoms with Gasteiger partial charge < -0.3 is 15.0 Å². The quantitative estimate of drug-likeness (QED) is 0.267. The number of hydrogen-bond donors (Lipinski definition) is 1. The number of hydrogen-bond acceptors (Lipinski definition) is 5. The van der Waals surface area contributed by atoms with E-state index in [0.717, 1.165) is 21.0 Å². The Balaban J connectivity index is 2.04. The molecule has 0 saturated heterocycles. The Labute approximate surface area is 250 Å². The van der Waals surface area contributed by atoms with Gasteiger partial charge in [0, 0.05) is 13.1 Å². The van der Waals surface area contributed by atoms with Gasteiger partial charge in [-0.2, -0.15) is 0 Å². The van der Waals surface area contributed by atoms with Gasteiger partial charge in [-0.05, 0) is 75.1 Å². The minimum Gasteiger partial charge on any atom is -0.494 e. The lowest BCUT2D eigenvalue weighted by atomic mass is 10.1. The lowest BCUT2D eigenvalue weighted by molar-refractivity contribution is -0.140. The van der Waals surface area contributed by atoms with E-state index < -0.39 is 28.5 Å². The van der Waals surface area contributed by atoms with Crippen LogP contribution < -0.4 is 14.4 Å². The molecule has 1 N–H and O–H groups in total. The maximum atomic E-state index is 14.2. The molecule has 0 aliphatic rings. The first-order valence-electron chi connectivity index (χ1n) is 14.4. The molecule has 0 radical (unpaired) electrons. The molecule has 0 spiro atoms. The average Bonchev–Trinajstić information content (AvgIpc) is 2.95. The minimum absolute atomic E-state index is 0.0336. The third kappa shape index (κ3) is 8.58. The molecule has 0 fully saturated rings. The first-order valence-corrected chi connectivity index (χ1v) is 15.8. The van der Waals surface area contributed by atoms with Crippen molar-refractivity contribution in [2.75, 3.05) is 24.0 Å². The van der Waals surface area contributed by atoms with Crippen LogP contribution >= 0.6 is 0 Å². The maximum Gasteiger partial charge on any atom is 0.264 e. The molecule has 42 heavy (non-hydrogen) atoms. The summed E-state index contributed by atoms with van der Waals surface area (Å²) in [6.45, 7) is 12.2. The van der Waals surface area contributed by atoms with Crippen LogP contribution in [0.2, 0.25) is 0 Å². The molecule has 0 aliphatic heterocycles. The highest BCUT2D eigenvalue weighted by Crippen LogP contribution is 2.26. The number of carbonyl (C=O) groups excluding carboxylic acids is 2. The van der Waals surface area contributed by atoms with Crippen LogP contribution in [0, 0.1) is 19.8 Å². The molecule has 9 heteroatoms. The van der Waals surface area contributed by atoms with E-state index in [9.17, 15) is 18.0 Å². The number of ether oxygens (including phenoxy) is 1. The molecule has 0 unspecified atom stereocenters. The summed E-state index contributed by atoms with van der Waals surface area (Å²) in [6.07, 6.45) is 0.373. The smallest absolute Gasteiger partial charge is 0.264 e. The number of nitrogens with zero attached hydrogens (tertiary/aromatic N) is 2. The first-order chi connectivity index (χ1) is 20.0. The van der Waals surface area contributed by atoms with Gasteiger partial charge in [0.15, 0.2) is 0 Å². The Morgan fingerprint density at radius 3 is 2.14 bits per heavy atom. The molecule has 0 aliphatic carbocycles. The minimum atomic E-state index is -4.15. The highest BCUT2D eigenvalue weighted by Gasteiger charge is 2.33. The Kier molecular flexibility index (Phi) is 11.6. The Hall–Kier alpha value is -3.85. The molecule has 8 nitrogen and oxygen atoms in total. The average molecular weight is 594 g/mol. The van der Waals surface area contributed by atoms with Gasteiger partial charge in [0.1, 0.15) is 18.3 Å². The number of nitrogens with one attached hydrogen (secondary N) is 1. The number of anilines is 1. The lowest BCUT2D eigenvalue weighted by Crippen LogP contribution is -2.52. The molecule has 0 heterocycles. The first kappa shape index (κ1) is 32.7. The summed E-state index contributed by atoms with van der Waals surface area (Å²) in [7, 11) is -4.15.